The van der Waals surface area contributed by atoms with E-state index in [0.717, 1.165) is 42.0 Å². The molecule has 0 bridgehead atoms. The number of nitrogens with zero attached hydrogens (tertiary/aromatic N) is 1. The smallest absolute Gasteiger partial charge is 0.207 e. The fourth-order valence-electron chi connectivity index (χ4n) is 3.62. The van der Waals surface area contributed by atoms with E-state index < -0.39 is 28.3 Å². The van der Waals surface area contributed by atoms with Gasteiger partial charge in [0.25, 0.3) is 0 Å². The first kappa shape index (κ1) is 21.2. The SMILES string of the molecule is CCCCCCC[C@H]1CC[C@H](C(F)(F)F)N1S(=O)(=O)c1ccc(C)cc1. The molecular weight excluding hydrogens is 363 g/mol. The second kappa shape index (κ2) is 8.74. The fraction of sp³-hybridized carbons (Fsp3) is 0.684. The summed E-state index contributed by atoms with van der Waals surface area (Å²) in [5.41, 5.74) is 0.866. The Hall–Kier alpha value is -1.08. The lowest BCUT2D eigenvalue weighted by Gasteiger charge is -2.30. The summed E-state index contributed by atoms with van der Waals surface area (Å²) in [5.74, 6) is 0. The number of hydrogen-bond acceptors (Lipinski definition) is 2. The molecule has 2 rings (SSSR count). The highest BCUT2D eigenvalue weighted by molar-refractivity contribution is 7.89. The second-order valence-electron chi connectivity index (χ2n) is 7.14. The van der Waals surface area contributed by atoms with Crippen LogP contribution >= 0.6 is 0 Å². The van der Waals surface area contributed by atoms with Crippen LogP contribution in [-0.2, 0) is 10.0 Å². The van der Waals surface area contributed by atoms with E-state index in [2.05, 4.69) is 6.92 Å². The maximum absolute atomic E-state index is 13.5. The normalized spacial score (nSPS) is 22.0. The van der Waals surface area contributed by atoms with Gasteiger partial charge in [0.2, 0.25) is 10.0 Å². The lowest BCUT2D eigenvalue weighted by atomic mass is 10.1. The number of alkyl halides is 3. The van der Waals surface area contributed by atoms with Crippen LogP contribution in [0.15, 0.2) is 29.2 Å². The molecule has 26 heavy (non-hydrogen) atoms. The van der Waals surface area contributed by atoms with Crippen LogP contribution in [-0.4, -0.2) is 31.0 Å². The van der Waals surface area contributed by atoms with Crippen LogP contribution in [0.1, 0.15) is 63.9 Å². The van der Waals surface area contributed by atoms with Crippen molar-refractivity contribution in [1.82, 2.24) is 4.31 Å². The molecule has 0 N–H and O–H groups in total. The van der Waals surface area contributed by atoms with Crippen LogP contribution in [0.2, 0.25) is 0 Å². The summed E-state index contributed by atoms with van der Waals surface area (Å²) < 4.78 is 67.1. The Kier molecular flexibility index (Phi) is 7.13. The topological polar surface area (TPSA) is 37.4 Å². The zero-order valence-corrected chi connectivity index (χ0v) is 16.2. The van der Waals surface area contributed by atoms with Crippen molar-refractivity contribution < 1.29 is 21.6 Å². The van der Waals surface area contributed by atoms with Gasteiger partial charge in [-0.3, -0.25) is 0 Å². The van der Waals surface area contributed by atoms with E-state index in [1.807, 2.05) is 6.92 Å². The number of unbranched alkanes of at least 4 members (excludes halogenated alkanes) is 4. The van der Waals surface area contributed by atoms with Crippen molar-refractivity contribution in [1.29, 1.82) is 0 Å². The molecule has 1 fully saturated rings. The monoisotopic (exact) mass is 391 g/mol. The Morgan fingerprint density at radius 3 is 2.23 bits per heavy atom. The third kappa shape index (κ3) is 5.00. The number of rotatable bonds is 8. The van der Waals surface area contributed by atoms with Crippen molar-refractivity contribution in [2.75, 3.05) is 0 Å². The van der Waals surface area contributed by atoms with Crippen LogP contribution < -0.4 is 0 Å². The van der Waals surface area contributed by atoms with Gasteiger partial charge >= 0.3 is 6.18 Å². The van der Waals surface area contributed by atoms with Gasteiger partial charge in [0.05, 0.1) is 4.90 Å². The van der Waals surface area contributed by atoms with E-state index in [1.54, 1.807) is 12.1 Å². The lowest BCUT2D eigenvalue weighted by Crippen LogP contribution is -2.48. The summed E-state index contributed by atoms with van der Waals surface area (Å²) in [6, 6.07) is 3.53. The number of sulfonamides is 1. The van der Waals surface area contributed by atoms with Gasteiger partial charge in [-0.1, -0.05) is 56.7 Å². The van der Waals surface area contributed by atoms with Gasteiger partial charge < -0.3 is 0 Å². The van der Waals surface area contributed by atoms with Crippen LogP contribution in [0.4, 0.5) is 13.2 Å². The summed E-state index contributed by atoms with van der Waals surface area (Å²) in [5, 5.41) is 0. The van der Waals surface area contributed by atoms with E-state index in [-0.39, 0.29) is 17.7 Å². The third-order valence-corrected chi connectivity index (χ3v) is 7.03. The summed E-state index contributed by atoms with van der Waals surface area (Å²) in [7, 11) is -4.17. The first-order valence-corrected chi connectivity index (χ1v) is 10.8. The largest absolute Gasteiger partial charge is 0.405 e. The average molecular weight is 391 g/mol. The highest BCUT2D eigenvalue weighted by Crippen LogP contribution is 2.41. The quantitative estimate of drug-likeness (QED) is 0.554. The Morgan fingerprint density at radius 2 is 1.65 bits per heavy atom. The molecule has 148 valence electrons. The molecular formula is C19H28F3NO2S. The van der Waals surface area contributed by atoms with Crippen molar-refractivity contribution in [2.45, 2.75) is 88.4 Å². The van der Waals surface area contributed by atoms with Crippen molar-refractivity contribution in [3.63, 3.8) is 0 Å². The molecule has 1 saturated heterocycles. The fourth-order valence-corrected chi connectivity index (χ4v) is 5.50. The third-order valence-electron chi connectivity index (χ3n) is 5.06. The van der Waals surface area contributed by atoms with Gasteiger partial charge in [0.1, 0.15) is 6.04 Å². The van der Waals surface area contributed by atoms with E-state index in [0.29, 0.717) is 6.42 Å². The molecule has 7 heteroatoms. The molecule has 0 saturated carbocycles. The summed E-state index contributed by atoms with van der Waals surface area (Å²) in [6.45, 7) is 3.91. The molecule has 0 amide bonds. The van der Waals surface area contributed by atoms with Crippen molar-refractivity contribution in [3.05, 3.63) is 29.8 Å². The minimum absolute atomic E-state index is 0.0600. The van der Waals surface area contributed by atoms with Gasteiger partial charge in [0.15, 0.2) is 0 Å². The number of aryl methyl sites for hydroxylation is 1. The molecule has 1 heterocycles. The van der Waals surface area contributed by atoms with E-state index in [1.165, 1.54) is 12.1 Å². The van der Waals surface area contributed by atoms with E-state index >= 15 is 0 Å². The van der Waals surface area contributed by atoms with Crippen molar-refractivity contribution in [2.24, 2.45) is 0 Å². The lowest BCUT2D eigenvalue weighted by molar-refractivity contribution is -0.167. The minimum Gasteiger partial charge on any atom is -0.207 e. The van der Waals surface area contributed by atoms with E-state index in [4.69, 9.17) is 0 Å². The Labute approximate surface area is 154 Å². The molecule has 1 aliphatic heterocycles. The molecule has 0 unspecified atom stereocenters. The molecule has 1 aromatic carbocycles. The zero-order valence-electron chi connectivity index (χ0n) is 15.4. The molecule has 1 aromatic rings. The minimum atomic E-state index is -4.55. The number of hydrogen-bond donors (Lipinski definition) is 0. The Balaban J connectivity index is 2.22. The average Bonchev–Trinajstić information content (AvgIpc) is 3.00. The molecule has 1 aliphatic rings. The van der Waals surface area contributed by atoms with Gasteiger partial charge in [-0.25, -0.2) is 8.42 Å². The summed E-state index contributed by atoms with van der Waals surface area (Å²) in [6.07, 6.45) is 0.966. The maximum atomic E-state index is 13.5. The maximum Gasteiger partial charge on any atom is 0.405 e. The standard InChI is InChI=1S/C19H28F3NO2S/c1-3-4-5-6-7-8-16-11-14-18(19(20,21)22)23(16)26(24,25)17-12-9-15(2)10-13-17/h9-10,12-13,16,18H,3-8,11,14H2,1-2H3/t16-,18+/m0/s1. The second-order valence-corrected chi connectivity index (χ2v) is 8.98. The number of benzene rings is 1. The van der Waals surface area contributed by atoms with Crippen LogP contribution in [0.3, 0.4) is 0 Å². The highest BCUT2D eigenvalue weighted by Gasteiger charge is 2.54. The predicted octanol–water partition coefficient (Wildman–Crippen LogP) is 5.44. The summed E-state index contributed by atoms with van der Waals surface area (Å²) >= 11 is 0. The van der Waals surface area contributed by atoms with Crippen LogP contribution in [0, 0.1) is 6.92 Å². The van der Waals surface area contributed by atoms with Gasteiger partial charge in [0, 0.05) is 6.04 Å². The van der Waals surface area contributed by atoms with Gasteiger partial charge in [-0.15, -0.1) is 0 Å². The van der Waals surface area contributed by atoms with Gasteiger partial charge in [-0.05, 0) is 38.3 Å². The van der Waals surface area contributed by atoms with Crippen LogP contribution in [0.5, 0.6) is 0 Å². The molecule has 2 atom stereocenters. The van der Waals surface area contributed by atoms with E-state index in [9.17, 15) is 21.6 Å². The van der Waals surface area contributed by atoms with Crippen LogP contribution in [0.25, 0.3) is 0 Å². The number of halogens is 3. The van der Waals surface area contributed by atoms with Gasteiger partial charge in [-0.2, -0.15) is 17.5 Å². The first-order valence-electron chi connectivity index (χ1n) is 9.35. The molecule has 0 aromatic heterocycles. The van der Waals surface area contributed by atoms with Crippen molar-refractivity contribution >= 4 is 10.0 Å². The molecule has 0 spiro atoms. The zero-order chi connectivity index (χ0) is 19.4. The molecule has 3 nitrogen and oxygen atoms in total. The Morgan fingerprint density at radius 1 is 1.04 bits per heavy atom. The molecule has 0 aliphatic carbocycles. The first-order chi connectivity index (χ1) is 12.2. The Bertz CT molecular complexity index is 671. The van der Waals surface area contributed by atoms with Crippen molar-refractivity contribution in [3.8, 4) is 0 Å². The molecule has 0 radical (unpaired) electrons. The predicted molar refractivity (Wildman–Crippen MR) is 96.4 cm³/mol. The summed E-state index contributed by atoms with van der Waals surface area (Å²) in [4.78, 5) is -0.0600. The highest BCUT2D eigenvalue weighted by atomic mass is 32.2.